The molecule has 5 aliphatic heterocycles. The van der Waals surface area contributed by atoms with E-state index in [2.05, 4.69) is 10.3 Å². The van der Waals surface area contributed by atoms with Crippen molar-refractivity contribution < 1.29 is 45.8 Å². The highest BCUT2D eigenvalue weighted by Gasteiger charge is 2.47. The zero-order valence-electron chi connectivity index (χ0n) is 26.3. The van der Waals surface area contributed by atoms with Crippen LogP contribution in [-0.2, 0) is 32.2 Å². The molecule has 0 unspecified atom stereocenters. The number of hydrogen-bond acceptors (Lipinski definition) is 8. The fraction of sp³-hybridized carbons (Fsp3) is 0.531. The molecule has 15 heteroatoms. The van der Waals surface area contributed by atoms with E-state index in [1.807, 2.05) is 6.92 Å². The predicted octanol–water partition coefficient (Wildman–Crippen LogP) is 2.92. The van der Waals surface area contributed by atoms with Crippen LogP contribution in [0.25, 0.3) is 0 Å². The molecule has 2 amide bonds. The van der Waals surface area contributed by atoms with Gasteiger partial charge in [0.05, 0.1) is 30.6 Å². The third-order valence-electron chi connectivity index (χ3n) is 8.88. The van der Waals surface area contributed by atoms with E-state index in [0.717, 1.165) is 23.3 Å². The summed E-state index contributed by atoms with van der Waals surface area (Å²) in [4.78, 5) is 32.1. The summed E-state index contributed by atoms with van der Waals surface area (Å²) in [6.07, 6.45) is -4.80. The van der Waals surface area contributed by atoms with Gasteiger partial charge in [0, 0.05) is 50.8 Å². The van der Waals surface area contributed by atoms with Crippen LogP contribution in [0.1, 0.15) is 58.3 Å². The number of aryl methyl sites for hydroxylation is 2. The molecule has 5 heterocycles. The Morgan fingerprint density at radius 3 is 2.43 bits per heavy atom. The Balaban J connectivity index is 1.39. The molecule has 0 aliphatic carbocycles. The van der Waals surface area contributed by atoms with E-state index in [4.69, 9.17) is 9.47 Å². The van der Waals surface area contributed by atoms with E-state index in [-0.39, 0.29) is 93.8 Å². The molecular formula is C32H39F3N4O7S. The minimum absolute atomic E-state index is 0.00578. The number of aliphatic hydroxyl groups is 1. The van der Waals surface area contributed by atoms with Crippen molar-refractivity contribution in [3.8, 4) is 5.75 Å². The van der Waals surface area contributed by atoms with Crippen LogP contribution in [0.5, 0.6) is 5.75 Å². The number of amidine groups is 1. The topological polar surface area (TPSA) is 138 Å². The molecule has 1 spiro atoms. The predicted molar refractivity (Wildman–Crippen MR) is 167 cm³/mol. The summed E-state index contributed by atoms with van der Waals surface area (Å²) in [5, 5.41) is 13.0. The van der Waals surface area contributed by atoms with Gasteiger partial charge in [-0.1, -0.05) is 6.07 Å². The molecule has 1 fully saturated rings. The lowest BCUT2D eigenvalue weighted by Crippen LogP contribution is -2.50. The highest BCUT2D eigenvalue weighted by molar-refractivity contribution is 7.89. The van der Waals surface area contributed by atoms with Gasteiger partial charge in [0.2, 0.25) is 10.0 Å². The summed E-state index contributed by atoms with van der Waals surface area (Å²) >= 11 is 0. The highest BCUT2D eigenvalue weighted by atomic mass is 32.2. The number of amides is 2. The van der Waals surface area contributed by atoms with Gasteiger partial charge in [-0.2, -0.15) is 13.2 Å². The van der Waals surface area contributed by atoms with Crippen LogP contribution in [-0.4, -0.2) is 104 Å². The smallest absolute Gasteiger partial charge is 0.416 e. The molecule has 1 atom stereocenters. The number of sulfonamides is 1. The van der Waals surface area contributed by atoms with Crippen LogP contribution in [0.2, 0.25) is 0 Å². The van der Waals surface area contributed by atoms with Crippen molar-refractivity contribution in [3.63, 3.8) is 0 Å². The molecule has 256 valence electrons. The Bertz CT molecular complexity index is 1640. The molecule has 0 aromatic heterocycles. The van der Waals surface area contributed by atoms with Gasteiger partial charge in [-0.15, -0.1) is 0 Å². The van der Waals surface area contributed by atoms with E-state index in [0.29, 0.717) is 12.1 Å². The van der Waals surface area contributed by atoms with Gasteiger partial charge < -0.3 is 24.8 Å². The highest BCUT2D eigenvalue weighted by Crippen LogP contribution is 2.36. The number of aliphatic imine (C=N–C) groups is 1. The summed E-state index contributed by atoms with van der Waals surface area (Å²) < 4.78 is 80.5. The third kappa shape index (κ3) is 8.13. The Hall–Kier alpha value is -3.53. The van der Waals surface area contributed by atoms with Crippen molar-refractivity contribution in [2.45, 2.75) is 56.8 Å². The molecule has 1 saturated heterocycles. The maximum absolute atomic E-state index is 13.8. The summed E-state index contributed by atoms with van der Waals surface area (Å²) in [5.41, 5.74) is -0.256. The van der Waals surface area contributed by atoms with E-state index in [1.54, 1.807) is 25.2 Å². The van der Waals surface area contributed by atoms with Gasteiger partial charge in [0.15, 0.2) is 0 Å². The zero-order chi connectivity index (χ0) is 34.0. The van der Waals surface area contributed by atoms with Gasteiger partial charge in [-0.25, -0.2) is 12.7 Å². The maximum atomic E-state index is 13.8. The molecule has 7 rings (SSSR count). The van der Waals surface area contributed by atoms with Gasteiger partial charge in [0.1, 0.15) is 17.1 Å². The van der Waals surface area contributed by atoms with Gasteiger partial charge in [0.25, 0.3) is 11.8 Å². The van der Waals surface area contributed by atoms with Crippen LogP contribution >= 0.6 is 0 Å². The van der Waals surface area contributed by atoms with Crippen molar-refractivity contribution in [3.05, 3.63) is 64.2 Å². The lowest BCUT2D eigenvalue weighted by molar-refractivity contribution is -0.137. The normalized spacial score (nSPS) is 26.3. The fourth-order valence-electron chi connectivity index (χ4n) is 5.89. The number of carbonyl (C=O) groups is 2. The number of hydrogen-bond donors (Lipinski definition) is 2. The first kappa shape index (κ1) is 34.8. The maximum Gasteiger partial charge on any atom is 0.416 e. The minimum atomic E-state index is -4.70. The van der Waals surface area contributed by atoms with E-state index < -0.39 is 39.3 Å². The number of nitrogens with one attached hydrogen (secondary N) is 1. The summed E-state index contributed by atoms with van der Waals surface area (Å²) in [7, 11) is -2.06. The molecule has 7 bridgehead atoms. The summed E-state index contributed by atoms with van der Waals surface area (Å²) in [6.45, 7) is 2.52. The lowest BCUT2D eigenvalue weighted by Gasteiger charge is -2.34. The van der Waals surface area contributed by atoms with Crippen LogP contribution in [0.4, 0.5) is 13.2 Å². The van der Waals surface area contributed by atoms with E-state index in [9.17, 15) is 36.3 Å². The van der Waals surface area contributed by atoms with Gasteiger partial charge in [-0.3, -0.25) is 14.6 Å². The first-order valence-corrected chi connectivity index (χ1v) is 17.1. The number of benzene rings is 2. The average Bonchev–Trinajstić information content (AvgIpc) is 3.33. The van der Waals surface area contributed by atoms with Gasteiger partial charge in [-0.05, 0) is 74.1 Å². The summed E-state index contributed by atoms with van der Waals surface area (Å²) in [5.74, 6) is -1.04. The standard InChI is InChI=1S/C32H39F3N4O7S/c1-21-17-23-4-3-22(21)7-16-47(43,44)39-10-8-31(9-11-39)30(42)36-28(37-31)24-18-25(32(33,34)35)20-27(19-24)46-14-6-26(40)5-13-45-15-12-38(2)29(23)41/h3-4,17-20,26,40H,5-16H2,1-2H3,(H,36,37,42)/t26-/m1/s1. The van der Waals surface area contributed by atoms with Crippen LogP contribution in [0.3, 0.4) is 0 Å². The number of alkyl halides is 3. The number of aliphatic hydroxyl groups excluding tert-OH is 1. The van der Waals surface area contributed by atoms with E-state index in [1.165, 1.54) is 15.3 Å². The second kappa shape index (κ2) is 13.9. The third-order valence-corrected chi connectivity index (χ3v) is 10.8. The van der Waals surface area contributed by atoms with Crippen LogP contribution in [0.15, 0.2) is 41.4 Å². The fourth-order valence-corrected chi connectivity index (χ4v) is 7.36. The Morgan fingerprint density at radius 1 is 1.00 bits per heavy atom. The van der Waals surface area contributed by atoms with Crippen LogP contribution < -0.4 is 10.1 Å². The summed E-state index contributed by atoms with van der Waals surface area (Å²) in [6, 6.07) is 8.24. The number of piperidine rings is 1. The molecular weight excluding hydrogens is 641 g/mol. The van der Waals surface area contributed by atoms with Crippen LogP contribution in [0, 0.1) is 6.92 Å². The second-order valence-electron chi connectivity index (χ2n) is 12.2. The second-order valence-corrected chi connectivity index (χ2v) is 14.3. The number of ether oxygens (including phenoxy) is 2. The molecule has 47 heavy (non-hydrogen) atoms. The molecule has 2 aromatic rings. The molecule has 2 aromatic carbocycles. The van der Waals surface area contributed by atoms with Gasteiger partial charge >= 0.3 is 6.18 Å². The quantitative estimate of drug-likeness (QED) is 0.437. The van der Waals surface area contributed by atoms with Crippen molar-refractivity contribution in [1.29, 1.82) is 0 Å². The molecule has 0 radical (unpaired) electrons. The SMILES string of the molecule is Cc1cc2ccc1CCS(=O)(=O)N1CCC3(CC1)N=C(NC3=O)c1cc(cc(C(F)(F)F)c1)OCC[C@H](O)CCOCCN(C)C2=O. The number of halogens is 3. The Kier molecular flexibility index (Phi) is 10.3. The number of likely N-dealkylation sites (N-methyl/N-ethyl adjacent to an activating group) is 1. The molecule has 2 N–H and O–H groups in total. The van der Waals surface area contributed by atoms with Crippen molar-refractivity contribution in [1.82, 2.24) is 14.5 Å². The Labute approximate surface area is 271 Å². The number of nitrogens with zero attached hydrogens (tertiary/aromatic N) is 3. The molecule has 11 nitrogen and oxygen atoms in total. The number of carbonyl (C=O) groups excluding carboxylic acids is 2. The molecule has 5 aliphatic rings. The average molecular weight is 681 g/mol. The largest absolute Gasteiger partial charge is 0.493 e. The first-order chi connectivity index (χ1) is 22.2. The minimum Gasteiger partial charge on any atom is -0.493 e. The number of rotatable bonds is 0. The van der Waals surface area contributed by atoms with E-state index >= 15 is 0 Å². The van der Waals surface area contributed by atoms with Crippen molar-refractivity contribution in [2.75, 3.05) is 52.3 Å². The van der Waals surface area contributed by atoms with Crippen molar-refractivity contribution in [2.24, 2.45) is 4.99 Å². The number of fused-ring (bicyclic) bond motifs is 2. The molecule has 0 saturated carbocycles. The lowest BCUT2D eigenvalue weighted by atomic mass is 9.89. The monoisotopic (exact) mass is 680 g/mol. The van der Waals surface area contributed by atoms with Crippen molar-refractivity contribution >= 4 is 27.7 Å². The zero-order valence-corrected chi connectivity index (χ0v) is 27.1. The Morgan fingerprint density at radius 2 is 1.72 bits per heavy atom. The first-order valence-electron chi connectivity index (χ1n) is 15.5.